The van der Waals surface area contributed by atoms with E-state index in [1.54, 1.807) is 12.3 Å². The Morgan fingerprint density at radius 3 is 3.15 bits per heavy atom. The molecule has 0 aliphatic carbocycles. The van der Waals surface area contributed by atoms with Gasteiger partial charge in [0.2, 0.25) is 5.91 Å². The van der Waals surface area contributed by atoms with E-state index in [1.807, 2.05) is 13.0 Å². The Labute approximate surface area is 119 Å². The molecule has 1 aliphatic heterocycles. The highest BCUT2D eigenvalue weighted by atomic mass is 16.5. The number of aromatic nitrogens is 1. The minimum absolute atomic E-state index is 0.0370. The highest BCUT2D eigenvalue weighted by Crippen LogP contribution is 2.13. The first-order valence-corrected chi connectivity index (χ1v) is 7.00. The molecule has 20 heavy (non-hydrogen) atoms. The first-order chi connectivity index (χ1) is 9.70. The molecule has 2 heterocycles. The van der Waals surface area contributed by atoms with Crippen molar-refractivity contribution in [3.8, 4) is 0 Å². The molecule has 6 nitrogen and oxygen atoms in total. The first kappa shape index (κ1) is 14.7. The van der Waals surface area contributed by atoms with Crippen LogP contribution in [0.25, 0.3) is 0 Å². The number of amides is 1. The number of morpholine rings is 1. The van der Waals surface area contributed by atoms with Crippen LogP contribution < -0.4 is 11.1 Å². The molecular weight excluding hydrogens is 256 g/mol. The fourth-order valence-electron chi connectivity index (χ4n) is 2.20. The molecule has 3 N–H and O–H groups in total. The number of nitrogens with two attached hydrogens (primary N) is 1. The van der Waals surface area contributed by atoms with Crippen LogP contribution in [0.2, 0.25) is 0 Å². The number of anilines is 1. The zero-order valence-corrected chi connectivity index (χ0v) is 11.8. The number of nitrogens with one attached hydrogen (secondary N) is 1. The van der Waals surface area contributed by atoms with E-state index in [0.29, 0.717) is 32.1 Å². The molecule has 1 amide bonds. The second-order valence-electron chi connectivity index (χ2n) is 4.94. The lowest BCUT2D eigenvalue weighted by atomic mass is 10.1. The zero-order chi connectivity index (χ0) is 14.4. The summed E-state index contributed by atoms with van der Waals surface area (Å²) in [7, 11) is 0. The average molecular weight is 278 g/mol. The standard InChI is InChI=1S/C14H22N4O2/c1-2-5-16-14(19)12-10-20-7-6-18(12)9-11-3-4-13(15)17-8-11/h3-4,8,12H,2,5-7,9-10H2,1H3,(H2,15,17)(H,16,19). The number of hydrogen-bond acceptors (Lipinski definition) is 5. The maximum atomic E-state index is 12.1. The lowest BCUT2D eigenvalue weighted by Crippen LogP contribution is -2.53. The Hall–Kier alpha value is -1.66. The molecule has 0 spiro atoms. The summed E-state index contributed by atoms with van der Waals surface area (Å²) in [5.41, 5.74) is 6.63. The Balaban J connectivity index is 1.99. The molecule has 1 saturated heterocycles. The normalized spacial score (nSPS) is 19.8. The molecule has 1 unspecified atom stereocenters. The van der Waals surface area contributed by atoms with Gasteiger partial charge in [0.15, 0.2) is 0 Å². The first-order valence-electron chi connectivity index (χ1n) is 7.00. The topological polar surface area (TPSA) is 80.5 Å². The molecule has 0 aromatic carbocycles. The summed E-state index contributed by atoms with van der Waals surface area (Å²) < 4.78 is 5.43. The van der Waals surface area contributed by atoms with Crippen LogP contribution in [0.3, 0.4) is 0 Å². The minimum Gasteiger partial charge on any atom is -0.384 e. The third-order valence-corrected chi connectivity index (χ3v) is 3.32. The van der Waals surface area contributed by atoms with E-state index in [1.165, 1.54) is 0 Å². The molecule has 1 fully saturated rings. The number of carbonyl (C=O) groups is 1. The van der Waals surface area contributed by atoms with Crippen LogP contribution in [0.4, 0.5) is 5.82 Å². The van der Waals surface area contributed by atoms with Gasteiger partial charge < -0.3 is 15.8 Å². The van der Waals surface area contributed by atoms with Crippen LogP contribution in [-0.4, -0.2) is 48.1 Å². The van der Waals surface area contributed by atoms with Crippen LogP contribution in [0.15, 0.2) is 18.3 Å². The van der Waals surface area contributed by atoms with Crippen molar-refractivity contribution < 1.29 is 9.53 Å². The van der Waals surface area contributed by atoms with Crippen LogP contribution in [0.5, 0.6) is 0 Å². The number of pyridine rings is 1. The lowest BCUT2D eigenvalue weighted by molar-refractivity contribution is -0.132. The summed E-state index contributed by atoms with van der Waals surface area (Å²) in [5.74, 6) is 0.544. The zero-order valence-electron chi connectivity index (χ0n) is 11.8. The highest BCUT2D eigenvalue weighted by molar-refractivity contribution is 5.82. The lowest BCUT2D eigenvalue weighted by Gasteiger charge is -2.34. The number of hydrogen-bond donors (Lipinski definition) is 2. The van der Waals surface area contributed by atoms with Crippen molar-refractivity contribution in [3.05, 3.63) is 23.9 Å². The summed E-state index contributed by atoms with van der Waals surface area (Å²) >= 11 is 0. The van der Waals surface area contributed by atoms with E-state index in [2.05, 4.69) is 15.2 Å². The van der Waals surface area contributed by atoms with Gasteiger partial charge in [-0.05, 0) is 18.1 Å². The fourth-order valence-corrected chi connectivity index (χ4v) is 2.20. The van der Waals surface area contributed by atoms with Crippen molar-refractivity contribution in [1.29, 1.82) is 0 Å². The monoisotopic (exact) mass is 278 g/mol. The Kier molecular flexibility index (Phi) is 5.31. The second kappa shape index (κ2) is 7.21. The number of carbonyl (C=O) groups excluding carboxylic acids is 1. The fraction of sp³-hybridized carbons (Fsp3) is 0.571. The summed E-state index contributed by atoms with van der Waals surface area (Å²) in [6, 6.07) is 3.49. The van der Waals surface area contributed by atoms with E-state index in [9.17, 15) is 4.79 Å². The number of rotatable bonds is 5. The molecular formula is C14H22N4O2. The molecule has 1 aromatic rings. The molecule has 0 bridgehead atoms. The average Bonchev–Trinajstić information content (AvgIpc) is 2.48. The molecule has 1 aliphatic rings. The Morgan fingerprint density at radius 2 is 2.45 bits per heavy atom. The van der Waals surface area contributed by atoms with Crippen molar-refractivity contribution in [1.82, 2.24) is 15.2 Å². The van der Waals surface area contributed by atoms with Gasteiger partial charge in [0.05, 0.1) is 13.2 Å². The van der Waals surface area contributed by atoms with Gasteiger partial charge in [-0.2, -0.15) is 0 Å². The van der Waals surface area contributed by atoms with E-state index < -0.39 is 0 Å². The maximum absolute atomic E-state index is 12.1. The van der Waals surface area contributed by atoms with Crippen molar-refractivity contribution in [3.63, 3.8) is 0 Å². The van der Waals surface area contributed by atoms with Gasteiger partial charge in [-0.1, -0.05) is 13.0 Å². The van der Waals surface area contributed by atoms with E-state index >= 15 is 0 Å². The second-order valence-corrected chi connectivity index (χ2v) is 4.94. The van der Waals surface area contributed by atoms with Crippen LogP contribution in [0.1, 0.15) is 18.9 Å². The number of nitrogens with zero attached hydrogens (tertiary/aromatic N) is 2. The van der Waals surface area contributed by atoms with Crippen LogP contribution in [-0.2, 0) is 16.1 Å². The quantitative estimate of drug-likeness (QED) is 0.814. The summed E-state index contributed by atoms with van der Waals surface area (Å²) in [6.07, 6.45) is 2.69. The predicted octanol–water partition coefficient (Wildman–Crippen LogP) is 0.391. The maximum Gasteiger partial charge on any atom is 0.239 e. The smallest absolute Gasteiger partial charge is 0.239 e. The van der Waals surface area contributed by atoms with E-state index in [4.69, 9.17) is 10.5 Å². The van der Waals surface area contributed by atoms with E-state index in [-0.39, 0.29) is 11.9 Å². The Morgan fingerprint density at radius 1 is 1.60 bits per heavy atom. The molecule has 0 radical (unpaired) electrons. The summed E-state index contributed by atoms with van der Waals surface area (Å²) in [6.45, 7) is 5.26. The minimum atomic E-state index is -0.229. The molecule has 0 saturated carbocycles. The largest absolute Gasteiger partial charge is 0.384 e. The van der Waals surface area contributed by atoms with Gasteiger partial charge in [-0.25, -0.2) is 4.98 Å². The molecule has 110 valence electrons. The SMILES string of the molecule is CCCNC(=O)C1COCCN1Cc1ccc(N)nc1. The van der Waals surface area contributed by atoms with Crippen molar-refractivity contribution >= 4 is 11.7 Å². The number of ether oxygens (including phenoxy) is 1. The third kappa shape index (κ3) is 3.91. The predicted molar refractivity (Wildman–Crippen MR) is 77.0 cm³/mol. The van der Waals surface area contributed by atoms with Gasteiger partial charge >= 0.3 is 0 Å². The number of nitrogen functional groups attached to an aromatic ring is 1. The Bertz CT molecular complexity index is 435. The van der Waals surface area contributed by atoms with Gasteiger partial charge in [0.25, 0.3) is 0 Å². The van der Waals surface area contributed by atoms with Crippen molar-refractivity contribution in [2.75, 3.05) is 32.0 Å². The van der Waals surface area contributed by atoms with Gasteiger partial charge in [-0.15, -0.1) is 0 Å². The van der Waals surface area contributed by atoms with Crippen molar-refractivity contribution in [2.24, 2.45) is 0 Å². The summed E-state index contributed by atoms with van der Waals surface area (Å²) in [5, 5.41) is 2.93. The molecule has 1 aromatic heterocycles. The highest BCUT2D eigenvalue weighted by Gasteiger charge is 2.29. The van der Waals surface area contributed by atoms with Crippen LogP contribution in [0, 0.1) is 0 Å². The van der Waals surface area contributed by atoms with Gasteiger partial charge in [0.1, 0.15) is 11.9 Å². The molecule has 1 atom stereocenters. The molecule has 2 rings (SSSR count). The summed E-state index contributed by atoms with van der Waals surface area (Å²) in [4.78, 5) is 18.4. The van der Waals surface area contributed by atoms with Crippen molar-refractivity contribution in [2.45, 2.75) is 25.9 Å². The van der Waals surface area contributed by atoms with E-state index in [0.717, 1.165) is 18.5 Å². The third-order valence-electron chi connectivity index (χ3n) is 3.32. The van der Waals surface area contributed by atoms with Crippen LogP contribution >= 0.6 is 0 Å². The molecule has 6 heteroatoms. The van der Waals surface area contributed by atoms with Gasteiger partial charge in [0, 0.05) is 25.8 Å². The van der Waals surface area contributed by atoms with Gasteiger partial charge in [-0.3, -0.25) is 9.69 Å².